The first-order valence-electron chi connectivity index (χ1n) is 27.7. The van der Waals surface area contributed by atoms with Crippen molar-refractivity contribution < 1.29 is 108 Å². The van der Waals surface area contributed by atoms with Gasteiger partial charge in [0, 0.05) is 6.08 Å². The molecule has 3 aliphatic heterocycles. The minimum atomic E-state index is -2.01. The maximum absolute atomic E-state index is 15.2. The summed E-state index contributed by atoms with van der Waals surface area (Å²) in [5.74, 6) is -3.64. The second-order valence-corrected chi connectivity index (χ2v) is 25.8. The van der Waals surface area contributed by atoms with Crippen LogP contribution in [0.5, 0.6) is 11.5 Å². The molecule has 3 saturated heterocycles. The van der Waals surface area contributed by atoms with Crippen molar-refractivity contribution in [1.82, 2.24) is 0 Å². The number of hydrogen-bond donors (Lipinski definition) is 11. The molecular formula is C57H82O22. The van der Waals surface area contributed by atoms with Gasteiger partial charge in [0.2, 0.25) is 6.29 Å². The monoisotopic (exact) mass is 1120 g/mol. The van der Waals surface area contributed by atoms with Crippen LogP contribution in [0.4, 0.5) is 0 Å². The van der Waals surface area contributed by atoms with Crippen molar-refractivity contribution in [1.29, 1.82) is 0 Å². The summed E-state index contributed by atoms with van der Waals surface area (Å²) in [6.45, 7) is 14.1. The van der Waals surface area contributed by atoms with Crippen LogP contribution in [0.25, 0.3) is 6.08 Å². The number of phenolic OH excluding ortho intramolecular Hbond substituents is 1. The molecule has 7 fully saturated rings. The van der Waals surface area contributed by atoms with Crippen molar-refractivity contribution in [3.8, 4) is 11.5 Å². The maximum Gasteiger partial charge on any atom is 0.335 e. The molecular weight excluding hydrogens is 1040 g/mol. The topological polar surface area (TPSA) is 348 Å². The summed E-state index contributed by atoms with van der Waals surface area (Å²) in [6, 6.07) is 4.42. The van der Waals surface area contributed by atoms with E-state index in [4.69, 9.17) is 37.9 Å². The highest BCUT2D eigenvalue weighted by Gasteiger charge is 2.72. The van der Waals surface area contributed by atoms with Gasteiger partial charge in [0.25, 0.3) is 0 Å². The Bertz CT molecular complexity index is 2500. The van der Waals surface area contributed by atoms with E-state index in [-0.39, 0.29) is 47.0 Å². The number of carbonyl (C=O) groups is 3. The number of allylic oxidation sites excluding steroid dienone is 2. The van der Waals surface area contributed by atoms with Crippen LogP contribution < -0.4 is 4.74 Å². The third kappa shape index (κ3) is 10.0. The fourth-order valence-corrected chi connectivity index (χ4v) is 16.1. The molecule has 0 unspecified atom stereocenters. The molecule has 22 nitrogen and oxygen atoms in total. The molecule has 11 N–H and O–H groups in total. The first-order valence-corrected chi connectivity index (χ1v) is 27.7. The summed E-state index contributed by atoms with van der Waals surface area (Å²) in [7, 11) is 1.38. The summed E-state index contributed by atoms with van der Waals surface area (Å²) in [5.41, 5.74) is -2.17. The molecule has 79 heavy (non-hydrogen) atoms. The van der Waals surface area contributed by atoms with E-state index < -0.39 is 157 Å². The summed E-state index contributed by atoms with van der Waals surface area (Å²) in [4.78, 5) is 40.9. The predicted octanol–water partition coefficient (Wildman–Crippen LogP) is 1.82. The summed E-state index contributed by atoms with van der Waals surface area (Å²) < 4.78 is 46.9. The van der Waals surface area contributed by atoms with Crippen LogP contribution in [0.15, 0.2) is 35.9 Å². The average molecular weight is 1120 g/mol. The Labute approximate surface area is 459 Å². The van der Waals surface area contributed by atoms with Gasteiger partial charge >= 0.3 is 17.9 Å². The zero-order valence-electron chi connectivity index (χ0n) is 46.1. The number of esters is 2. The highest BCUT2D eigenvalue weighted by Crippen LogP contribution is 2.76. The lowest BCUT2D eigenvalue weighted by molar-refractivity contribution is -0.374. The van der Waals surface area contributed by atoms with Crippen LogP contribution in [-0.4, -0.2) is 193 Å². The Hall–Kier alpha value is -3.85. The number of rotatable bonds is 12. The Morgan fingerprint density at radius 3 is 2.15 bits per heavy atom. The number of fused-ring (bicyclic) bond motifs is 7. The lowest BCUT2D eigenvalue weighted by atomic mass is 9.33. The van der Waals surface area contributed by atoms with Crippen molar-refractivity contribution in [2.24, 2.45) is 50.2 Å². The fraction of sp³-hybridized carbons (Fsp3) is 0.772. The van der Waals surface area contributed by atoms with Crippen molar-refractivity contribution >= 4 is 24.0 Å². The zero-order chi connectivity index (χ0) is 57.7. The largest absolute Gasteiger partial charge is 0.504 e. The molecule has 5 aliphatic carbocycles. The minimum absolute atomic E-state index is 0.0102. The Balaban J connectivity index is 0.961. The van der Waals surface area contributed by atoms with E-state index in [1.165, 1.54) is 31.4 Å². The van der Waals surface area contributed by atoms with Gasteiger partial charge in [-0.15, -0.1) is 0 Å². The number of ether oxygens (including phenoxy) is 8. The summed E-state index contributed by atoms with van der Waals surface area (Å²) in [5, 5.41) is 119. The molecule has 4 saturated carbocycles. The quantitative estimate of drug-likeness (QED) is 0.0615. The maximum atomic E-state index is 15.2. The molecule has 0 spiro atoms. The molecule has 9 rings (SSSR count). The predicted molar refractivity (Wildman–Crippen MR) is 274 cm³/mol. The number of benzene rings is 1. The van der Waals surface area contributed by atoms with Gasteiger partial charge in [0.1, 0.15) is 60.4 Å². The highest BCUT2D eigenvalue weighted by molar-refractivity contribution is 5.87. The molecule has 8 aliphatic rings. The third-order valence-electron chi connectivity index (χ3n) is 20.8. The van der Waals surface area contributed by atoms with E-state index in [2.05, 4.69) is 54.5 Å². The standard InChI is InChI=1S/C57H82O22/c1-52(2)19-20-57(51(71)79-49-45(38(63)30(60)25-73-49)76-37(62)14-10-26-9-12-29(59)31(21-26)72-8)28(22-52)27-11-13-34-54(5)17-16-36(53(3,4)33(54)15-18-55(34,6)56(27,7)23-35(57)61)75-50-46(42(67)41(66)44(77-50)47(69)70)78-48-43(68)40(65)39(64)32(24-58)74-48/h9-12,14,21,28,30,32-36,38-46,48-50,58-61,63-68H,13,15-20,22-25H2,1-8H3,(H,69,70)/b14-10+/t28-,30+,32+,33-,34+,35+,36-,38-,39-,40-,41-,42-,43+,44-,45+,46+,48+,49+,50-,54-,55+,56+,57+/m0/s1. The van der Waals surface area contributed by atoms with Crippen LogP contribution in [0, 0.1) is 50.2 Å². The van der Waals surface area contributed by atoms with Crippen molar-refractivity contribution in [2.75, 3.05) is 20.3 Å². The Kier molecular flexibility index (Phi) is 16.4. The Morgan fingerprint density at radius 2 is 1.47 bits per heavy atom. The van der Waals surface area contributed by atoms with E-state index >= 15 is 4.79 Å². The molecule has 1 aromatic rings. The number of hydrogen-bond acceptors (Lipinski definition) is 21. The molecule has 0 amide bonds. The fourth-order valence-electron chi connectivity index (χ4n) is 16.1. The SMILES string of the molecule is COc1cc(/C=C/C(=O)O[C@H]2[C@@H](OC(=O)[C@]34CCC(C)(C)C[C@H]3C3=CC[C@@H]5[C@@]6(C)CC[C@H](O[C@H]7O[C@H](C(=O)O)[C@@H](O)[C@H](O)[C@H]7O[C@H]7O[C@H](CO)[C@H](O)[C@H](O)[C@H]7O)C(C)(C)[C@@H]6CC[C@@]5(C)[C@]3(C)C[C@H]4O)OC[C@@H](O)[C@@H]2O)ccc1O. The lowest BCUT2D eigenvalue weighted by Crippen LogP contribution is -2.68. The van der Waals surface area contributed by atoms with Crippen LogP contribution in [0.3, 0.4) is 0 Å². The molecule has 23 atom stereocenters. The normalized spacial score (nSPS) is 46.3. The smallest absolute Gasteiger partial charge is 0.335 e. The van der Waals surface area contributed by atoms with Gasteiger partial charge in [-0.2, -0.15) is 0 Å². The van der Waals surface area contributed by atoms with Gasteiger partial charge in [-0.3, -0.25) is 4.79 Å². The molecule has 0 radical (unpaired) electrons. The minimum Gasteiger partial charge on any atom is -0.504 e. The lowest BCUT2D eigenvalue weighted by Gasteiger charge is -2.71. The van der Waals surface area contributed by atoms with E-state index in [1.54, 1.807) is 0 Å². The zero-order valence-corrected chi connectivity index (χ0v) is 46.1. The number of carboxylic acids is 1. The van der Waals surface area contributed by atoms with Gasteiger partial charge in [-0.05, 0) is 126 Å². The van der Waals surface area contributed by atoms with E-state index in [9.17, 15) is 65.8 Å². The number of aliphatic hydroxyl groups excluding tert-OH is 9. The molecule has 442 valence electrons. The van der Waals surface area contributed by atoms with Gasteiger partial charge in [0.05, 0.1) is 32.5 Å². The van der Waals surface area contributed by atoms with E-state index in [0.717, 1.165) is 18.1 Å². The average Bonchev–Trinajstić information content (AvgIpc) is 3.51. The first kappa shape index (κ1) is 59.8. The van der Waals surface area contributed by atoms with Crippen LogP contribution in [0.1, 0.15) is 112 Å². The van der Waals surface area contributed by atoms with Crippen LogP contribution >= 0.6 is 0 Å². The second kappa shape index (κ2) is 21.7. The van der Waals surface area contributed by atoms with Gasteiger partial charge in [0.15, 0.2) is 36.3 Å². The number of aliphatic hydroxyl groups is 9. The van der Waals surface area contributed by atoms with Gasteiger partial charge in [-0.1, -0.05) is 66.2 Å². The number of carbonyl (C=O) groups excluding carboxylic acids is 2. The van der Waals surface area contributed by atoms with E-state index in [0.29, 0.717) is 44.1 Å². The number of carboxylic acid groups (broad SMARTS) is 1. The van der Waals surface area contributed by atoms with Crippen LogP contribution in [0.2, 0.25) is 0 Å². The first-order chi connectivity index (χ1) is 37.0. The van der Waals surface area contributed by atoms with Crippen LogP contribution in [-0.2, 0) is 47.5 Å². The number of aromatic hydroxyl groups is 1. The van der Waals surface area contributed by atoms with Crippen molar-refractivity contribution in [3.63, 3.8) is 0 Å². The number of phenols is 1. The molecule has 0 bridgehead atoms. The third-order valence-corrected chi connectivity index (χ3v) is 20.8. The molecule has 0 aromatic heterocycles. The number of methoxy groups -OCH3 is 1. The van der Waals surface area contributed by atoms with Gasteiger partial charge in [-0.25, -0.2) is 9.59 Å². The van der Waals surface area contributed by atoms with Crippen molar-refractivity contribution in [3.05, 3.63) is 41.5 Å². The van der Waals surface area contributed by atoms with E-state index in [1.807, 2.05) is 0 Å². The second-order valence-electron chi connectivity index (χ2n) is 25.8. The molecule has 22 heteroatoms. The summed E-state index contributed by atoms with van der Waals surface area (Å²) in [6.07, 6.45) is -16.5. The van der Waals surface area contributed by atoms with Gasteiger partial charge < -0.3 is 94.1 Å². The highest BCUT2D eigenvalue weighted by atomic mass is 16.8. The summed E-state index contributed by atoms with van der Waals surface area (Å²) >= 11 is 0. The number of aliphatic carboxylic acids is 1. The molecule has 1 aromatic carbocycles. The molecule has 3 heterocycles. The van der Waals surface area contributed by atoms with Crippen molar-refractivity contribution in [2.45, 2.75) is 204 Å². The Morgan fingerprint density at radius 1 is 0.747 bits per heavy atom.